The van der Waals surface area contributed by atoms with Gasteiger partial charge in [0.05, 0.1) is 24.8 Å². The zero-order chi connectivity index (χ0) is 29.9. The van der Waals surface area contributed by atoms with Gasteiger partial charge in [-0.3, -0.25) is 14.5 Å². The molecule has 6 heteroatoms. The van der Waals surface area contributed by atoms with E-state index in [2.05, 4.69) is 20.8 Å². The number of ketones is 1. The van der Waals surface area contributed by atoms with Crippen molar-refractivity contribution in [2.75, 3.05) is 18.1 Å². The molecule has 1 unspecified atom stereocenters. The fourth-order valence-corrected chi connectivity index (χ4v) is 5.11. The predicted molar refractivity (Wildman–Crippen MR) is 164 cm³/mol. The highest BCUT2D eigenvalue weighted by Crippen LogP contribution is 2.44. The largest absolute Gasteiger partial charge is 0.507 e. The average Bonchev–Trinajstić information content (AvgIpc) is 3.21. The van der Waals surface area contributed by atoms with E-state index in [1.165, 1.54) is 4.90 Å². The summed E-state index contributed by atoms with van der Waals surface area (Å²) in [7, 11) is 0. The van der Waals surface area contributed by atoms with Crippen molar-refractivity contribution < 1.29 is 24.2 Å². The van der Waals surface area contributed by atoms with Crippen molar-refractivity contribution >= 4 is 23.1 Å². The molecule has 0 aliphatic carbocycles. The van der Waals surface area contributed by atoms with Crippen LogP contribution in [0.5, 0.6) is 11.5 Å². The summed E-state index contributed by atoms with van der Waals surface area (Å²) in [5.74, 6) is -0.164. The van der Waals surface area contributed by atoms with Crippen molar-refractivity contribution in [3.05, 3.63) is 94.6 Å². The summed E-state index contributed by atoms with van der Waals surface area (Å²) >= 11 is 0. The maximum atomic E-state index is 13.7. The lowest BCUT2D eigenvalue weighted by molar-refractivity contribution is -0.132. The number of aliphatic hydroxyl groups excluding tert-OH is 1. The molecule has 3 aromatic carbocycles. The molecule has 0 spiro atoms. The number of carbonyl (C=O) groups excluding carboxylic acids is 2. The van der Waals surface area contributed by atoms with Crippen LogP contribution in [0.1, 0.15) is 89.1 Å². The number of anilines is 1. The monoisotopic (exact) mass is 555 g/mol. The topological polar surface area (TPSA) is 76.1 Å². The molecule has 3 aromatic rings. The van der Waals surface area contributed by atoms with Crippen LogP contribution in [0.3, 0.4) is 0 Å². The van der Waals surface area contributed by atoms with E-state index < -0.39 is 17.7 Å². The van der Waals surface area contributed by atoms with Crippen molar-refractivity contribution in [2.45, 2.75) is 72.3 Å². The first-order chi connectivity index (χ1) is 19.5. The fourth-order valence-electron chi connectivity index (χ4n) is 5.11. The van der Waals surface area contributed by atoms with E-state index >= 15 is 0 Å². The summed E-state index contributed by atoms with van der Waals surface area (Å²) in [5, 5.41) is 11.7. The van der Waals surface area contributed by atoms with E-state index in [9.17, 15) is 14.7 Å². The second-order valence-electron chi connectivity index (χ2n) is 11.7. The van der Waals surface area contributed by atoms with Gasteiger partial charge in [-0.15, -0.1) is 0 Å². The minimum atomic E-state index is -0.820. The predicted octanol–water partition coefficient (Wildman–Crippen LogP) is 7.92. The van der Waals surface area contributed by atoms with Gasteiger partial charge in [0.25, 0.3) is 11.7 Å². The quantitative estimate of drug-likeness (QED) is 0.165. The molecule has 1 aliphatic rings. The number of aliphatic hydroxyl groups is 1. The van der Waals surface area contributed by atoms with Crippen LogP contribution < -0.4 is 14.4 Å². The molecular formula is C35H41NO5. The Hall–Kier alpha value is -4.06. The van der Waals surface area contributed by atoms with Gasteiger partial charge in [0, 0.05) is 17.3 Å². The highest BCUT2D eigenvalue weighted by atomic mass is 16.5. The minimum absolute atomic E-state index is 0.0530. The Balaban J connectivity index is 1.91. The van der Waals surface area contributed by atoms with Gasteiger partial charge in [0.1, 0.15) is 17.3 Å². The molecule has 6 nitrogen and oxygen atoms in total. The van der Waals surface area contributed by atoms with Crippen LogP contribution in [0.2, 0.25) is 0 Å². The van der Waals surface area contributed by atoms with E-state index in [0.717, 1.165) is 28.9 Å². The lowest BCUT2D eigenvalue weighted by atomic mass is 9.85. The number of Topliss-reactive ketones (excluding diaryl/α,β-unsaturated/α-hetero) is 1. The molecule has 0 aromatic heterocycles. The third-order valence-electron chi connectivity index (χ3n) is 7.31. The molecule has 1 aliphatic heterocycles. The van der Waals surface area contributed by atoms with Crippen molar-refractivity contribution in [1.29, 1.82) is 0 Å². The molecule has 1 heterocycles. The van der Waals surface area contributed by atoms with Crippen LogP contribution in [0.4, 0.5) is 5.69 Å². The third kappa shape index (κ3) is 6.17. The number of benzene rings is 3. The van der Waals surface area contributed by atoms with Gasteiger partial charge < -0.3 is 14.6 Å². The number of carbonyl (C=O) groups is 2. The SMILES string of the molecule is CCCOc1cccc(N2C(=O)C(=O)/C(=C(\O)c3ccc(OCC)c(C(C)C)c3)C2c2ccc(C(C)(C)C)cc2)c1. The second-order valence-corrected chi connectivity index (χ2v) is 11.7. The number of hydrogen-bond donors (Lipinski definition) is 1. The number of amides is 1. The van der Waals surface area contributed by atoms with Gasteiger partial charge in [-0.25, -0.2) is 0 Å². The van der Waals surface area contributed by atoms with Crippen LogP contribution >= 0.6 is 0 Å². The lowest BCUT2D eigenvalue weighted by Crippen LogP contribution is -2.29. The Kier molecular flexibility index (Phi) is 8.91. The van der Waals surface area contributed by atoms with E-state index in [0.29, 0.717) is 30.2 Å². The van der Waals surface area contributed by atoms with E-state index in [4.69, 9.17) is 9.47 Å². The van der Waals surface area contributed by atoms with Gasteiger partial charge in [-0.2, -0.15) is 0 Å². The smallest absolute Gasteiger partial charge is 0.300 e. The highest BCUT2D eigenvalue weighted by Gasteiger charge is 2.47. The highest BCUT2D eigenvalue weighted by molar-refractivity contribution is 6.51. The number of ether oxygens (including phenoxy) is 2. The lowest BCUT2D eigenvalue weighted by Gasteiger charge is -2.27. The first kappa shape index (κ1) is 29.9. The molecule has 1 saturated heterocycles. The summed E-state index contributed by atoms with van der Waals surface area (Å²) in [6, 6.07) is 19.7. The van der Waals surface area contributed by atoms with Crippen molar-refractivity contribution in [3.8, 4) is 11.5 Å². The van der Waals surface area contributed by atoms with E-state index in [1.54, 1.807) is 24.3 Å². The maximum Gasteiger partial charge on any atom is 0.300 e. The summed E-state index contributed by atoms with van der Waals surface area (Å²) in [6.07, 6.45) is 0.843. The Morgan fingerprint density at radius 2 is 1.66 bits per heavy atom. The van der Waals surface area contributed by atoms with Crippen molar-refractivity contribution in [1.82, 2.24) is 0 Å². The molecule has 0 radical (unpaired) electrons. The van der Waals surface area contributed by atoms with Crippen LogP contribution in [0.25, 0.3) is 5.76 Å². The van der Waals surface area contributed by atoms with Gasteiger partial charge >= 0.3 is 0 Å². The maximum absolute atomic E-state index is 13.7. The Bertz CT molecular complexity index is 1450. The molecule has 4 rings (SSSR count). The average molecular weight is 556 g/mol. The fraction of sp³-hybridized carbons (Fsp3) is 0.371. The van der Waals surface area contributed by atoms with Gasteiger partial charge in [-0.05, 0) is 71.7 Å². The summed E-state index contributed by atoms with van der Waals surface area (Å²) < 4.78 is 11.6. The zero-order valence-electron chi connectivity index (χ0n) is 25.2. The molecular weight excluding hydrogens is 514 g/mol. The van der Waals surface area contributed by atoms with Gasteiger partial charge in [0.15, 0.2) is 0 Å². The Labute approximate surface area is 243 Å². The number of nitrogens with zero attached hydrogens (tertiary/aromatic N) is 1. The summed E-state index contributed by atoms with van der Waals surface area (Å²) in [5.41, 5.74) is 3.75. The molecule has 1 atom stereocenters. The summed E-state index contributed by atoms with van der Waals surface area (Å²) in [6.45, 7) is 15.5. The van der Waals surface area contributed by atoms with Gasteiger partial charge in [-0.1, -0.05) is 71.9 Å². The van der Waals surface area contributed by atoms with E-state index in [1.807, 2.05) is 70.2 Å². The third-order valence-corrected chi connectivity index (χ3v) is 7.31. The normalized spacial score (nSPS) is 16.9. The van der Waals surface area contributed by atoms with Crippen LogP contribution in [0.15, 0.2) is 72.3 Å². The molecule has 41 heavy (non-hydrogen) atoms. The van der Waals surface area contributed by atoms with Crippen molar-refractivity contribution in [2.24, 2.45) is 0 Å². The molecule has 1 amide bonds. The molecule has 0 saturated carbocycles. The van der Waals surface area contributed by atoms with Crippen LogP contribution in [-0.4, -0.2) is 30.0 Å². The first-order valence-corrected chi connectivity index (χ1v) is 14.4. The van der Waals surface area contributed by atoms with E-state index in [-0.39, 0.29) is 22.7 Å². The first-order valence-electron chi connectivity index (χ1n) is 14.4. The minimum Gasteiger partial charge on any atom is -0.507 e. The second kappa shape index (κ2) is 12.2. The number of rotatable bonds is 9. The van der Waals surface area contributed by atoms with Gasteiger partial charge in [0.2, 0.25) is 0 Å². The molecule has 0 bridgehead atoms. The number of hydrogen-bond acceptors (Lipinski definition) is 5. The summed E-state index contributed by atoms with van der Waals surface area (Å²) in [4.78, 5) is 28.8. The Morgan fingerprint density at radius 1 is 0.951 bits per heavy atom. The molecule has 216 valence electrons. The standard InChI is InChI=1S/C35H41NO5/c1-8-19-41-27-12-10-11-26(21-27)36-31(23-13-16-25(17-14-23)35(5,6)7)30(33(38)34(36)39)32(37)24-15-18-29(40-9-2)28(20-24)22(3)4/h10-18,20-22,31,37H,8-9,19H2,1-7H3/b32-30-. The van der Waals surface area contributed by atoms with Crippen LogP contribution in [0, 0.1) is 0 Å². The molecule has 1 N–H and O–H groups in total. The van der Waals surface area contributed by atoms with Crippen LogP contribution in [-0.2, 0) is 15.0 Å². The zero-order valence-corrected chi connectivity index (χ0v) is 25.2. The molecule has 1 fully saturated rings. The van der Waals surface area contributed by atoms with Crippen molar-refractivity contribution in [3.63, 3.8) is 0 Å². The Morgan fingerprint density at radius 3 is 2.27 bits per heavy atom.